The second-order valence-corrected chi connectivity index (χ2v) is 5.87. The van der Waals surface area contributed by atoms with Crippen LogP contribution in [-0.4, -0.2) is 33.0 Å². The van der Waals surface area contributed by atoms with E-state index in [0.29, 0.717) is 12.3 Å². The van der Waals surface area contributed by atoms with E-state index in [1.807, 2.05) is 30.7 Å². The minimum Gasteiger partial charge on any atom is -0.355 e. The zero-order valence-corrected chi connectivity index (χ0v) is 13.2. The quantitative estimate of drug-likeness (QED) is 0.629. The summed E-state index contributed by atoms with van der Waals surface area (Å²) in [5.41, 5.74) is 2.19. The Morgan fingerprint density at radius 2 is 2.10 bits per heavy atom. The SMILES string of the molecule is Cc1cc(C)n(CCCNC(=O)CSc2ccncc2)n1. The fourth-order valence-electron chi connectivity index (χ4n) is 1.99. The van der Waals surface area contributed by atoms with E-state index in [0.717, 1.165) is 29.2 Å². The third-order valence-electron chi connectivity index (χ3n) is 2.99. The summed E-state index contributed by atoms with van der Waals surface area (Å²) >= 11 is 1.52. The van der Waals surface area contributed by atoms with Gasteiger partial charge in [0.1, 0.15) is 0 Å². The van der Waals surface area contributed by atoms with Crippen molar-refractivity contribution in [3.8, 4) is 0 Å². The molecule has 5 nitrogen and oxygen atoms in total. The summed E-state index contributed by atoms with van der Waals surface area (Å²) in [5, 5.41) is 7.33. The Morgan fingerprint density at radius 3 is 2.76 bits per heavy atom. The largest absolute Gasteiger partial charge is 0.355 e. The molecule has 0 unspecified atom stereocenters. The predicted molar refractivity (Wildman–Crippen MR) is 84.3 cm³/mol. The van der Waals surface area contributed by atoms with Crippen LogP contribution < -0.4 is 5.32 Å². The molecule has 2 aromatic rings. The molecule has 0 aliphatic rings. The summed E-state index contributed by atoms with van der Waals surface area (Å²) < 4.78 is 1.98. The molecular weight excluding hydrogens is 284 g/mol. The monoisotopic (exact) mass is 304 g/mol. The lowest BCUT2D eigenvalue weighted by Crippen LogP contribution is -2.27. The third-order valence-corrected chi connectivity index (χ3v) is 4.00. The van der Waals surface area contributed by atoms with E-state index < -0.39 is 0 Å². The first-order valence-electron chi connectivity index (χ1n) is 6.96. The number of amides is 1. The molecule has 6 heteroatoms. The van der Waals surface area contributed by atoms with E-state index in [2.05, 4.69) is 21.5 Å². The summed E-state index contributed by atoms with van der Waals surface area (Å²) in [6.07, 6.45) is 4.34. The number of carbonyl (C=O) groups excluding carboxylic acids is 1. The topological polar surface area (TPSA) is 59.8 Å². The first kappa shape index (κ1) is 15.6. The standard InChI is InChI=1S/C15H20N4OS/c1-12-10-13(2)19(18-12)9-3-6-17-15(20)11-21-14-4-7-16-8-5-14/h4-5,7-8,10H,3,6,9,11H2,1-2H3,(H,17,20). The van der Waals surface area contributed by atoms with Crippen LogP contribution in [0.15, 0.2) is 35.5 Å². The number of thioether (sulfide) groups is 1. The average Bonchev–Trinajstić information content (AvgIpc) is 2.80. The molecule has 2 aromatic heterocycles. The Bertz CT molecular complexity index is 583. The van der Waals surface area contributed by atoms with Crippen molar-refractivity contribution in [3.05, 3.63) is 42.0 Å². The fourth-order valence-corrected chi connectivity index (χ4v) is 2.71. The molecule has 1 amide bonds. The highest BCUT2D eigenvalue weighted by atomic mass is 32.2. The van der Waals surface area contributed by atoms with Gasteiger partial charge in [-0.25, -0.2) is 0 Å². The number of rotatable bonds is 7. The summed E-state index contributed by atoms with van der Waals surface area (Å²) in [7, 11) is 0. The second-order valence-electron chi connectivity index (χ2n) is 4.83. The lowest BCUT2D eigenvalue weighted by atomic mass is 10.4. The van der Waals surface area contributed by atoms with Crippen molar-refractivity contribution in [2.75, 3.05) is 12.3 Å². The maximum Gasteiger partial charge on any atom is 0.230 e. The van der Waals surface area contributed by atoms with E-state index in [4.69, 9.17) is 0 Å². The lowest BCUT2D eigenvalue weighted by Gasteiger charge is -2.06. The van der Waals surface area contributed by atoms with Crippen molar-refractivity contribution in [1.82, 2.24) is 20.1 Å². The molecule has 112 valence electrons. The molecule has 2 rings (SSSR count). The number of carbonyl (C=O) groups is 1. The molecule has 0 bridgehead atoms. The van der Waals surface area contributed by atoms with Crippen molar-refractivity contribution in [1.29, 1.82) is 0 Å². The third kappa shape index (κ3) is 5.23. The van der Waals surface area contributed by atoms with Gasteiger partial charge in [-0.05, 0) is 38.5 Å². The van der Waals surface area contributed by atoms with Gasteiger partial charge in [-0.15, -0.1) is 11.8 Å². The molecule has 0 aliphatic heterocycles. The summed E-state index contributed by atoms with van der Waals surface area (Å²) in [6.45, 7) is 5.54. The lowest BCUT2D eigenvalue weighted by molar-refractivity contribution is -0.118. The van der Waals surface area contributed by atoms with Crippen molar-refractivity contribution < 1.29 is 4.79 Å². The van der Waals surface area contributed by atoms with Gasteiger partial charge < -0.3 is 5.32 Å². The van der Waals surface area contributed by atoms with E-state index in [-0.39, 0.29) is 5.91 Å². The highest BCUT2D eigenvalue weighted by molar-refractivity contribution is 8.00. The Morgan fingerprint density at radius 1 is 1.33 bits per heavy atom. The van der Waals surface area contributed by atoms with Gasteiger partial charge in [-0.3, -0.25) is 14.5 Å². The molecule has 0 fully saturated rings. The molecule has 21 heavy (non-hydrogen) atoms. The minimum absolute atomic E-state index is 0.0604. The molecule has 0 aliphatic carbocycles. The van der Waals surface area contributed by atoms with Crippen molar-refractivity contribution in [2.45, 2.75) is 31.7 Å². The van der Waals surface area contributed by atoms with Crippen molar-refractivity contribution in [2.24, 2.45) is 0 Å². The van der Waals surface area contributed by atoms with Crippen molar-refractivity contribution in [3.63, 3.8) is 0 Å². The van der Waals surface area contributed by atoms with E-state index in [1.165, 1.54) is 11.8 Å². The van der Waals surface area contributed by atoms with Crippen LogP contribution >= 0.6 is 11.8 Å². The van der Waals surface area contributed by atoms with Gasteiger partial charge in [-0.2, -0.15) is 5.10 Å². The highest BCUT2D eigenvalue weighted by Crippen LogP contribution is 2.15. The zero-order chi connectivity index (χ0) is 15.1. The maximum absolute atomic E-state index is 11.7. The van der Waals surface area contributed by atoms with E-state index in [9.17, 15) is 4.79 Å². The normalized spacial score (nSPS) is 10.6. The number of aryl methyl sites for hydroxylation is 3. The Hall–Kier alpha value is -1.82. The Balaban J connectivity index is 1.62. The highest BCUT2D eigenvalue weighted by Gasteiger charge is 2.03. The van der Waals surface area contributed by atoms with Gasteiger partial charge in [0.25, 0.3) is 0 Å². The maximum atomic E-state index is 11.7. The van der Waals surface area contributed by atoms with E-state index in [1.54, 1.807) is 12.4 Å². The van der Waals surface area contributed by atoms with Gasteiger partial charge >= 0.3 is 0 Å². The Labute approximate surface area is 129 Å². The molecular formula is C15H20N4OS. The van der Waals surface area contributed by atoms with E-state index >= 15 is 0 Å². The summed E-state index contributed by atoms with van der Waals surface area (Å²) in [5.74, 6) is 0.495. The summed E-state index contributed by atoms with van der Waals surface area (Å²) in [6, 6.07) is 5.87. The molecule has 1 N–H and O–H groups in total. The van der Waals surface area contributed by atoms with Crippen LogP contribution in [-0.2, 0) is 11.3 Å². The molecule has 0 radical (unpaired) electrons. The van der Waals surface area contributed by atoms with Gasteiger partial charge in [0.05, 0.1) is 11.4 Å². The first-order chi connectivity index (χ1) is 10.1. The molecule has 2 heterocycles. The first-order valence-corrected chi connectivity index (χ1v) is 7.94. The molecule has 0 atom stereocenters. The van der Waals surface area contributed by atoms with Crippen molar-refractivity contribution >= 4 is 17.7 Å². The molecule has 0 saturated carbocycles. The number of pyridine rings is 1. The fraction of sp³-hybridized carbons (Fsp3) is 0.400. The Kier molecular flexibility index (Phi) is 5.80. The van der Waals surface area contributed by atoms with Crippen LogP contribution in [0.2, 0.25) is 0 Å². The molecule has 0 saturated heterocycles. The van der Waals surface area contributed by atoms with Gasteiger partial charge in [0, 0.05) is 36.1 Å². The molecule has 0 spiro atoms. The predicted octanol–water partition coefficient (Wildman–Crippen LogP) is 2.19. The number of nitrogens with one attached hydrogen (secondary N) is 1. The van der Waals surface area contributed by atoms with Crippen LogP contribution in [0.5, 0.6) is 0 Å². The van der Waals surface area contributed by atoms with Crippen LogP contribution in [0.3, 0.4) is 0 Å². The number of nitrogens with zero attached hydrogens (tertiary/aromatic N) is 3. The van der Waals surface area contributed by atoms with Crippen LogP contribution in [0.4, 0.5) is 0 Å². The minimum atomic E-state index is 0.0604. The smallest absolute Gasteiger partial charge is 0.230 e. The van der Waals surface area contributed by atoms with Crippen LogP contribution in [0, 0.1) is 13.8 Å². The number of aromatic nitrogens is 3. The van der Waals surface area contributed by atoms with Gasteiger partial charge in [-0.1, -0.05) is 0 Å². The molecule has 0 aromatic carbocycles. The average molecular weight is 304 g/mol. The van der Waals surface area contributed by atoms with Gasteiger partial charge in [0.2, 0.25) is 5.91 Å². The number of hydrogen-bond acceptors (Lipinski definition) is 4. The van der Waals surface area contributed by atoms with Crippen LogP contribution in [0.25, 0.3) is 0 Å². The number of hydrogen-bond donors (Lipinski definition) is 1. The second kappa shape index (κ2) is 7.83. The van der Waals surface area contributed by atoms with Crippen LogP contribution in [0.1, 0.15) is 17.8 Å². The zero-order valence-electron chi connectivity index (χ0n) is 12.4. The van der Waals surface area contributed by atoms with Gasteiger partial charge in [0.15, 0.2) is 0 Å². The summed E-state index contributed by atoms with van der Waals surface area (Å²) in [4.78, 5) is 16.7.